The molecule has 15 heavy (non-hydrogen) atoms. The summed E-state index contributed by atoms with van der Waals surface area (Å²) in [6.07, 6.45) is 3.68. The highest BCUT2D eigenvalue weighted by molar-refractivity contribution is 6.03. The third kappa shape index (κ3) is 3.05. The van der Waals surface area contributed by atoms with E-state index in [4.69, 9.17) is 4.74 Å². The summed E-state index contributed by atoms with van der Waals surface area (Å²) in [5, 5.41) is 0. The summed E-state index contributed by atoms with van der Waals surface area (Å²) in [7, 11) is 0. The standard InChI is InChI=1S/C12H18O3/c1-5-8-12(9-6-2,10(4)13)11(14)15-7-3/h5-6H,1-2,7-9H2,3-4H3. The monoisotopic (exact) mass is 210 g/mol. The molecule has 0 aliphatic rings. The van der Waals surface area contributed by atoms with E-state index >= 15 is 0 Å². The largest absolute Gasteiger partial charge is 0.465 e. The number of rotatable bonds is 7. The van der Waals surface area contributed by atoms with Gasteiger partial charge in [0.05, 0.1) is 6.61 Å². The van der Waals surface area contributed by atoms with E-state index in [1.807, 2.05) is 0 Å². The van der Waals surface area contributed by atoms with Gasteiger partial charge in [-0.3, -0.25) is 9.59 Å². The zero-order valence-corrected chi connectivity index (χ0v) is 9.41. The van der Waals surface area contributed by atoms with Crippen LogP contribution < -0.4 is 0 Å². The minimum Gasteiger partial charge on any atom is -0.465 e. The Kier molecular flexibility index (Phi) is 5.60. The normalized spacial score (nSPS) is 10.5. The van der Waals surface area contributed by atoms with Gasteiger partial charge in [0.15, 0.2) is 0 Å². The van der Waals surface area contributed by atoms with Gasteiger partial charge in [-0.05, 0) is 26.7 Å². The topological polar surface area (TPSA) is 43.4 Å². The van der Waals surface area contributed by atoms with E-state index in [-0.39, 0.29) is 25.2 Å². The van der Waals surface area contributed by atoms with Crippen LogP contribution in [0.15, 0.2) is 25.3 Å². The van der Waals surface area contributed by atoms with E-state index in [1.54, 1.807) is 19.1 Å². The molecule has 0 saturated carbocycles. The predicted molar refractivity (Wildman–Crippen MR) is 59.4 cm³/mol. The van der Waals surface area contributed by atoms with Crippen LogP contribution >= 0.6 is 0 Å². The first kappa shape index (κ1) is 13.6. The first-order valence-electron chi connectivity index (χ1n) is 4.95. The summed E-state index contributed by atoms with van der Waals surface area (Å²) >= 11 is 0. The zero-order chi connectivity index (χ0) is 11.9. The van der Waals surface area contributed by atoms with Crippen molar-refractivity contribution in [1.29, 1.82) is 0 Å². The van der Waals surface area contributed by atoms with Crippen molar-refractivity contribution in [1.82, 2.24) is 0 Å². The highest BCUT2D eigenvalue weighted by Crippen LogP contribution is 2.30. The Balaban J connectivity index is 5.08. The van der Waals surface area contributed by atoms with E-state index in [0.717, 1.165) is 0 Å². The van der Waals surface area contributed by atoms with Crippen molar-refractivity contribution in [2.45, 2.75) is 26.7 Å². The number of Topliss-reactive ketones (excluding diaryl/α,β-unsaturated/α-hetero) is 1. The highest BCUT2D eigenvalue weighted by Gasteiger charge is 2.42. The van der Waals surface area contributed by atoms with Crippen LogP contribution in [0.25, 0.3) is 0 Å². The Morgan fingerprint density at radius 2 is 1.73 bits per heavy atom. The molecule has 0 unspecified atom stereocenters. The Morgan fingerprint density at radius 3 is 2.00 bits per heavy atom. The van der Waals surface area contributed by atoms with E-state index in [1.165, 1.54) is 6.92 Å². The molecule has 0 saturated heterocycles. The molecule has 0 fully saturated rings. The molecule has 0 aromatic rings. The molecule has 0 bridgehead atoms. The molecule has 0 N–H and O–H groups in total. The molecule has 0 heterocycles. The predicted octanol–water partition coefficient (Wildman–Crippen LogP) is 2.28. The van der Waals surface area contributed by atoms with Gasteiger partial charge in [-0.25, -0.2) is 0 Å². The lowest BCUT2D eigenvalue weighted by molar-refractivity contribution is -0.159. The second kappa shape index (κ2) is 6.17. The molecule has 3 heteroatoms. The van der Waals surface area contributed by atoms with Crippen LogP contribution in [0.1, 0.15) is 26.7 Å². The van der Waals surface area contributed by atoms with Crippen molar-refractivity contribution in [3.8, 4) is 0 Å². The van der Waals surface area contributed by atoms with Crippen molar-refractivity contribution in [2.75, 3.05) is 6.61 Å². The molecule has 0 aliphatic carbocycles. The SMILES string of the molecule is C=CCC(CC=C)(C(C)=O)C(=O)OCC. The van der Waals surface area contributed by atoms with Crippen LogP contribution in [0.4, 0.5) is 0 Å². The zero-order valence-electron chi connectivity index (χ0n) is 9.41. The molecule has 3 nitrogen and oxygen atoms in total. The number of allylic oxidation sites excluding steroid dienone is 2. The van der Waals surface area contributed by atoms with Crippen molar-refractivity contribution in [3.63, 3.8) is 0 Å². The van der Waals surface area contributed by atoms with Crippen LogP contribution in [0, 0.1) is 5.41 Å². The molecule has 0 spiro atoms. The van der Waals surface area contributed by atoms with Crippen molar-refractivity contribution in [2.24, 2.45) is 5.41 Å². The van der Waals surface area contributed by atoms with Crippen LogP contribution in [0.2, 0.25) is 0 Å². The number of ketones is 1. The lowest BCUT2D eigenvalue weighted by Crippen LogP contribution is -2.38. The molecule has 0 rings (SSSR count). The number of ether oxygens (including phenoxy) is 1. The maximum Gasteiger partial charge on any atom is 0.320 e. The fraction of sp³-hybridized carbons (Fsp3) is 0.500. The minimum atomic E-state index is -1.13. The Hall–Kier alpha value is -1.38. The number of hydrogen-bond donors (Lipinski definition) is 0. The maximum absolute atomic E-state index is 11.7. The molecule has 0 atom stereocenters. The second-order valence-electron chi connectivity index (χ2n) is 3.34. The van der Waals surface area contributed by atoms with Crippen LogP contribution in [0.5, 0.6) is 0 Å². The first-order valence-corrected chi connectivity index (χ1v) is 4.95. The lowest BCUT2D eigenvalue weighted by atomic mass is 9.77. The van der Waals surface area contributed by atoms with Crippen LogP contribution in [0.3, 0.4) is 0 Å². The smallest absolute Gasteiger partial charge is 0.320 e. The first-order chi connectivity index (χ1) is 7.05. The maximum atomic E-state index is 11.7. The summed E-state index contributed by atoms with van der Waals surface area (Å²) in [5.41, 5.74) is -1.13. The van der Waals surface area contributed by atoms with Gasteiger partial charge in [0.1, 0.15) is 11.2 Å². The molecule has 0 aromatic heterocycles. The Bertz CT molecular complexity index is 256. The van der Waals surface area contributed by atoms with Gasteiger partial charge in [0.2, 0.25) is 0 Å². The Labute approximate surface area is 90.8 Å². The van der Waals surface area contributed by atoms with Crippen molar-refractivity contribution >= 4 is 11.8 Å². The summed E-state index contributed by atoms with van der Waals surface area (Å²) in [5.74, 6) is -0.696. The molecular formula is C12H18O3. The van der Waals surface area contributed by atoms with Gasteiger partial charge in [-0.1, -0.05) is 12.2 Å². The van der Waals surface area contributed by atoms with Crippen molar-refractivity contribution < 1.29 is 14.3 Å². The summed E-state index contributed by atoms with van der Waals surface area (Å²) in [4.78, 5) is 23.3. The fourth-order valence-corrected chi connectivity index (χ4v) is 1.44. The number of carbonyl (C=O) groups excluding carboxylic acids is 2. The van der Waals surface area contributed by atoms with Gasteiger partial charge >= 0.3 is 5.97 Å². The van der Waals surface area contributed by atoms with Gasteiger partial charge < -0.3 is 4.74 Å². The summed E-state index contributed by atoms with van der Waals surface area (Å²) < 4.78 is 4.92. The van der Waals surface area contributed by atoms with Gasteiger partial charge in [0, 0.05) is 0 Å². The number of esters is 1. The highest BCUT2D eigenvalue weighted by atomic mass is 16.5. The summed E-state index contributed by atoms with van der Waals surface area (Å²) in [6, 6.07) is 0. The van der Waals surface area contributed by atoms with Crippen molar-refractivity contribution in [3.05, 3.63) is 25.3 Å². The lowest BCUT2D eigenvalue weighted by Gasteiger charge is -2.26. The van der Waals surface area contributed by atoms with E-state index < -0.39 is 11.4 Å². The third-order valence-electron chi connectivity index (χ3n) is 2.33. The average Bonchev–Trinajstić information content (AvgIpc) is 2.17. The molecule has 0 radical (unpaired) electrons. The van der Waals surface area contributed by atoms with Gasteiger partial charge in [-0.15, -0.1) is 13.2 Å². The van der Waals surface area contributed by atoms with Crippen LogP contribution in [-0.4, -0.2) is 18.4 Å². The average molecular weight is 210 g/mol. The molecule has 0 aromatic carbocycles. The second-order valence-corrected chi connectivity index (χ2v) is 3.34. The van der Waals surface area contributed by atoms with E-state index in [2.05, 4.69) is 13.2 Å². The van der Waals surface area contributed by atoms with Gasteiger partial charge in [-0.2, -0.15) is 0 Å². The molecule has 0 aliphatic heterocycles. The van der Waals surface area contributed by atoms with Crippen LogP contribution in [-0.2, 0) is 14.3 Å². The fourth-order valence-electron chi connectivity index (χ4n) is 1.44. The quantitative estimate of drug-likeness (QED) is 0.368. The molecular weight excluding hydrogens is 192 g/mol. The minimum absolute atomic E-state index is 0.208. The molecule has 0 amide bonds. The Morgan fingerprint density at radius 1 is 1.27 bits per heavy atom. The van der Waals surface area contributed by atoms with Gasteiger partial charge in [0.25, 0.3) is 0 Å². The summed E-state index contributed by atoms with van der Waals surface area (Å²) in [6.45, 7) is 10.5. The number of carbonyl (C=O) groups is 2. The van der Waals surface area contributed by atoms with E-state index in [0.29, 0.717) is 0 Å². The third-order valence-corrected chi connectivity index (χ3v) is 2.33. The number of hydrogen-bond acceptors (Lipinski definition) is 3. The molecule has 84 valence electrons. The van der Waals surface area contributed by atoms with E-state index in [9.17, 15) is 9.59 Å².